The van der Waals surface area contributed by atoms with Gasteiger partial charge in [0.15, 0.2) is 5.84 Å². The number of nitriles is 1. The van der Waals surface area contributed by atoms with Crippen LogP contribution in [0.4, 0.5) is 5.69 Å². The third-order valence-electron chi connectivity index (χ3n) is 4.55. The summed E-state index contributed by atoms with van der Waals surface area (Å²) in [6.07, 6.45) is 0.167. The van der Waals surface area contributed by atoms with E-state index in [2.05, 4.69) is 10.5 Å². The van der Waals surface area contributed by atoms with E-state index in [1.165, 1.54) is 15.9 Å². The molecule has 1 amide bonds. The summed E-state index contributed by atoms with van der Waals surface area (Å²) >= 11 is 0. The van der Waals surface area contributed by atoms with E-state index in [0.29, 0.717) is 23.6 Å². The van der Waals surface area contributed by atoms with E-state index in [4.69, 9.17) is 10.00 Å². The van der Waals surface area contributed by atoms with Gasteiger partial charge in [0.25, 0.3) is 10.0 Å². The van der Waals surface area contributed by atoms with Crippen LogP contribution in [0.3, 0.4) is 0 Å². The van der Waals surface area contributed by atoms with Gasteiger partial charge in [0.1, 0.15) is 10.6 Å². The van der Waals surface area contributed by atoms with Gasteiger partial charge in [0, 0.05) is 24.8 Å². The summed E-state index contributed by atoms with van der Waals surface area (Å²) in [5, 5.41) is 8.98. The average Bonchev–Trinajstić information content (AvgIpc) is 3.01. The summed E-state index contributed by atoms with van der Waals surface area (Å²) in [6.45, 7) is 2.55. The molecule has 2 aromatic rings. The average molecular weight is 426 g/mol. The number of amides is 1. The molecular weight excluding hydrogens is 404 g/mol. The van der Waals surface area contributed by atoms with Crippen LogP contribution in [0.2, 0.25) is 0 Å². The molecule has 0 atom stereocenters. The number of anilines is 1. The maximum atomic E-state index is 13.0. The quantitative estimate of drug-likeness (QED) is 0.674. The number of ether oxygens (including phenoxy) is 1. The van der Waals surface area contributed by atoms with Crippen molar-refractivity contribution in [3.05, 3.63) is 54.1 Å². The Hall–Kier alpha value is -3.38. The fourth-order valence-corrected chi connectivity index (χ4v) is 4.43. The van der Waals surface area contributed by atoms with Crippen LogP contribution in [0.5, 0.6) is 5.75 Å². The molecule has 0 saturated carbocycles. The van der Waals surface area contributed by atoms with Crippen molar-refractivity contribution in [3.8, 4) is 11.8 Å². The normalized spacial score (nSPS) is 13.7. The van der Waals surface area contributed by atoms with Gasteiger partial charge in [-0.1, -0.05) is 12.1 Å². The Bertz CT molecular complexity index is 1100. The number of rotatable bonds is 7. The van der Waals surface area contributed by atoms with Gasteiger partial charge in [0.2, 0.25) is 5.91 Å². The van der Waals surface area contributed by atoms with Crippen LogP contribution in [-0.4, -0.2) is 51.8 Å². The van der Waals surface area contributed by atoms with Crippen LogP contribution in [-0.2, 0) is 14.8 Å². The molecule has 0 spiro atoms. The zero-order chi connectivity index (χ0) is 21.7. The molecular formula is C21H22N4O4S. The number of nitrogens with zero attached hydrogens (tertiary/aromatic N) is 4. The first-order chi connectivity index (χ1) is 14.4. The van der Waals surface area contributed by atoms with Crippen molar-refractivity contribution in [2.45, 2.75) is 18.2 Å². The lowest BCUT2D eigenvalue weighted by molar-refractivity contribution is -0.118. The van der Waals surface area contributed by atoms with Gasteiger partial charge in [0.05, 0.1) is 25.6 Å². The Labute approximate surface area is 176 Å². The van der Waals surface area contributed by atoms with Crippen molar-refractivity contribution < 1.29 is 17.9 Å². The van der Waals surface area contributed by atoms with Gasteiger partial charge in [-0.15, -0.1) is 4.40 Å². The third kappa shape index (κ3) is 4.44. The predicted octanol–water partition coefficient (Wildman–Crippen LogP) is 2.41. The number of carbonyl (C=O) groups excluding carboxylic acids is 1. The van der Waals surface area contributed by atoms with E-state index in [9.17, 15) is 13.2 Å². The second-order valence-electron chi connectivity index (χ2n) is 6.62. The zero-order valence-corrected chi connectivity index (χ0v) is 17.6. The predicted molar refractivity (Wildman–Crippen MR) is 113 cm³/mol. The summed E-state index contributed by atoms with van der Waals surface area (Å²) in [7, 11) is -2.15. The SMILES string of the molecule is CCOc1ccc(N(CCC#N)C(=O)CN(C)C2=NS(=O)(=O)c3ccccc32)cc1. The van der Waals surface area contributed by atoms with E-state index in [-0.39, 0.29) is 36.1 Å². The molecule has 1 heterocycles. The zero-order valence-electron chi connectivity index (χ0n) is 16.8. The van der Waals surface area contributed by atoms with Crippen LogP contribution in [0.25, 0.3) is 0 Å². The molecule has 1 aliphatic rings. The van der Waals surface area contributed by atoms with E-state index in [0.717, 1.165) is 0 Å². The summed E-state index contributed by atoms with van der Waals surface area (Å²) in [5.74, 6) is 0.639. The Kier molecular flexibility index (Phi) is 6.37. The number of carbonyl (C=O) groups is 1. The largest absolute Gasteiger partial charge is 0.494 e. The lowest BCUT2D eigenvalue weighted by Gasteiger charge is -2.26. The molecule has 0 bridgehead atoms. The molecule has 0 unspecified atom stereocenters. The highest BCUT2D eigenvalue weighted by Gasteiger charge is 2.31. The molecule has 30 heavy (non-hydrogen) atoms. The monoisotopic (exact) mass is 426 g/mol. The number of hydrogen-bond donors (Lipinski definition) is 0. The molecule has 8 nitrogen and oxygen atoms in total. The summed E-state index contributed by atoms with van der Waals surface area (Å²) in [5.41, 5.74) is 1.10. The molecule has 0 aliphatic carbocycles. The van der Waals surface area contributed by atoms with Gasteiger partial charge >= 0.3 is 0 Å². The van der Waals surface area contributed by atoms with E-state index >= 15 is 0 Å². The number of likely N-dealkylation sites (N-methyl/N-ethyl adjacent to an activating group) is 1. The van der Waals surface area contributed by atoms with Crippen LogP contribution in [0.15, 0.2) is 57.8 Å². The minimum atomic E-state index is -3.77. The van der Waals surface area contributed by atoms with Gasteiger partial charge in [-0.2, -0.15) is 13.7 Å². The Morgan fingerprint density at radius 2 is 1.87 bits per heavy atom. The second-order valence-corrected chi connectivity index (χ2v) is 8.20. The molecule has 9 heteroatoms. The third-order valence-corrected chi connectivity index (χ3v) is 5.88. The molecule has 156 valence electrons. The first kappa shape index (κ1) is 21.3. The highest BCUT2D eigenvalue weighted by molar-refractivity contribution is 7.90. The Balaban J connectivity index is 1.81. The number of amidine groups is 1. The van der Waals surface area contributed by atoms with Crippen molar-refractivity contribution in [1.29, 1.82) is 5.26 Å². The van der Waals surface area contributed by atoms with Crippen LogP contribution >= 0.6 is 0 Å². The summed E-state index contributed by atoms with van der Waals surface area (Å²) in [4.78, 5) is 16.2. The van der Waals surface area contributed by atoms with Crippen molar-refractivity contribution in [3.63, 3.8) is 0 Å². The fraction of sp³-hybridized carbons (Fsp3) is 0.286. The summed E-state index contributed by atoms with van der Waals surface area (Å²) in [6, 6.07) is 15.6. The molecule has 0 radical (unpaired) electrons. The molecule has 2 aromatic carbocycles. The van der Waals surface area contributed by atoms with Crippen molar-refractivity contribution in [1.82, 2.24) is 4.90 Å². The molecule has 0 N–H and O–H groups in total. The second kappa shape index (κ2) is 8.97. The first-order valence-electron chi connectivity index (χ1n) is 9.43. The highest BCUT2D eigenvalue weighted by atomic mass is 32.2. The van der Waals surface area contributed by atoms with E-state index < -0.39 is 10.0 Å². The van der Waals surface area contributed by atoms with Gasteiger partial charge in [-0.05, 0) is 43.3 Å². The summed E-state index contributed by atoms with van der Waals surface area (Å²) < 4.78 is 33.8. The van der Waals surface area contributed by atoms with Crippen molar-refractivity contribution in [2.75, 3.05) is 31.6 Å². The minimum absolute atomic E-state index is 0.0959. The lowest BCUT2D eigenvalue weighted by atomic mass is 10.2. The van der Waals surface area contributed by atoms with E-state index in [1.54, 1.807) is 49.5 Å². The maximum absolute atomic E-state index is 13.0. The topological polar surface area (TPSA) is 103 Å². The molecule has 0 saturated heterocycles. The number of benzene rings is 2. The first-order valence-corrected chi connectivity index (χ1v) is 10.9. The Morgan fingerprint density at radius 3 is 2.53 bits per heavy atom. The highest BCUT2D eigenvalue weighted by Crippen LogP contribution is 2.27. The van der Waals surface area contributed by atoms with Crippen LogP contribution < -0.4 is 9.64 Å². The minimum Gasteiger partial charge on any atom is -0.494 e. The molecule has 1 aliphatic heterocycles. The maximum Gasteiger partial charge on any atom is 0.285 e. The molecule has 0 fully saturated rings. The van der Waals surface area contributed by atoms with Gasteiger partial charge < -0.3 is 14.5 Å². The number of fused-ring (bicyclic) bond motifs is 1. The van der Waals surface area contributed by atoms with Gasteiger partial charge in [-0.25, -0.2) is 0 Å². The van der Waals surface area contributed by atoms with E-state index in [1.807, 2.05) is 6.92 Å². The van der Waals surface area contributed by atoms with Crippen LogP contribution in [0.1, 0.15) is 18.9 Å². The number of hydrogen-bond acceptors (Lipinski definition) is 6. The smallest absolute Gasteiger partial charge is 0.285 e. The molecule has 3 rings (SSSR count). The van der Waals surface area contributed by atoms with Crippen LogP contribution in [0, 0.1) is 11.3 Å². The van der Waals surface area contributed by atoms with Crippen molar-refractivity contribution >= 4 is 27.5 Å². The lowest BCUT2D eigenvalue weighted by Crippen LogP contribution is -2.41. The molecule has 0 aromatic heterocycles. The van der Waals surface area contributed by atoms with Crippen molar-refractivity contribution in [2.24, 2.45) is 4.40 Å². The standard InChI is InChI=1S/C21H22N4O4S/c1-3-29-17-11-9-16(10-12-17)25(14-6-13-22)20(26)15-24(2)21-18-7-4-5-8-19(18)30(27,28)23-21/h4-5,7-12H,3,6,14-15H2,1-2H3. The fourth-order valence-electron chi connectivity index (χ4n) is 3.18. The number of sulfonamides is 1. The van der Waals surface area contributed by atoms with Gasteiger partial charge in [-0.3, -0.25) is 4.79 Å². The Morgan fingerprint density at radius 1 is 1.17 bits per heavy atom.